The molecule has 4 aromatic rings. The number of hydrogen-bond acceptors (Lipinski definition) is 6. The summed E-state index contributed by atoms with van der Waals surface area (Å²) in [5, 5.41) is 8.11. The van der Waals surface area contributed by atoms with Gasteiger partial charge >= 0.3 is 5.97 Å². The lowest BCUT2D eigenvalue weighted by atomic mass is 9.93. The number of aromatic nitrogens is 1. The van der Waals surface area contributed by atoms with Crippen LogP contribution in [-0.4, -0.2) is 31.1 Å². The van der Waals surface area contributed by atoms with Crippen molar-refractivity contribution in [1.29, 1.82) is 0 Å². The average Bonchev–Trinajstić information content (AvgIpc) is 3.31. The number of nitrogens with zero attached hydrogens (tertiary/aromatic N) is 1. The molecule has 0 spiro atoms. The first-order chi connectivity index (χ1) is 16.9. The van der Waals surface area contributed by atoms with E-state index in [0.29, 0.717) is 29.8 Å². The Kier molecular flexibility index (Phi) is 6.17. The molecule has 1 aliphatic rings. The lowest BCUT2D eigenvalue weighted by molar-refractivity contribution is -0.139. The highest BCUT2D eigenvalue weighted by Crippen LogP contribution is 2.44. The molecule has 6 nitrogen and oxygen atoms in total. The lowest BCUT2D eigenvalue weighted by Gasteiger charge is -2.19. The third-order valence-electron chi connectivity index (χ3n) is 6.15. The van der Waals surface area contributed by atoms with Gasteiger partial charge in [0.2, 0.25) is 14.2 Å². The lowest BCUT2D eigenvalue weighted by Crippen LogP contribution is -2.16. The predicted octanol–water partition coefficient (Wildman–Crippen LogP) is 5.24. The Morgan fingerprint density at radius 3 is 2.51 bits per heavy atom. The molecule has 1 N–H and O–H groups in total. The van der Waals surface area contributed by atoms with Crippen LogP contribution >= 0.6 is 11.3 Å². The zero-order valence-electron chi connectivity index (χ0n) is 19.0. The van der Waals surface area contributed by atoms with Crippen LogP contribution in [0.15, 0.2) is 77.1 Å². The molecule has 8 heteroatoms. The SMILES string of the molecule is Cc1ccccc1C(c1ccccc1)S(=O)(=O)c1nc2c(s1)CCc1c(OCC(=O)O)cccc1-2. The predicted molar refractivity (Wildman–Crippen MR) is 135 cm³/mol. The number of ether oxygens (including phenoxy) is 1. The van der Waals surface area contributed by atoms with Crippen LogP contribution in [0.25, 0.3) is 11.3 Å². The molecule has 0 saturated carbocycles. The molecule has 5 rings (SSSR count). The molecule has 0 bridgehead atoms. The normalized spacial score (nSPS) is 13.5. The number of hydrogen-bond donors (Lipinski definition) is 1. The summed E-state index contributed by atoms with van der Waals surface area (Å²) in [5.41, 5.74) is 4.60. The van der Waals surface area contributed by atoms with E-state index in [0.717, 1.165) is 27.1 Å². The summed E-state index contributed by atoms with van der Waals surface area (Å²) in [4.78, 5) is 16.5. The number of carbonyl (C=O) groups is 1. The molecule has 1 aromatic heterocycles. The Hall–Kier alpha value is -3.49. The topological polar surface area (TPSA) is 93.6 Å². The van der Waals surface area contributed by atoms with Crippen molar-refractivity contribution in [2.75, 3.05) is 6.61 Å². The van der Waals surface area contributed by atoms with Crippen molar-refractivity contribution in [3.8, 4) is 17.0 Å². The molecule has 0 amide bonds. The van der Waals surface area contributed by atoms with Gasteiger partial charge in [0.05, 0.1) is 5.69 Å². The fourth-order valence-corrected chi connectivity index (χ4v) is 7.92. The summed E-state index contributed by atoms with van der Waals surface area (Å²) in [6, 6.07) is 22.2. The molecule has 1 aliphatic carbocycles. The molecule has 1 atom stereocenters. The molecule has 1 heterocycles. The Bertz CT molecular complexity index is 1510. The van der Waals surface area contributed by atoms with Crippen molar-refractivity contribution in [2.45, 2.75) is 29.4 Å². The summed E-state index contributed by atoms with van der Waals surface area (Å²) in [7, 11) is -3.86. The maximum Gasteiger partial charge on any atom is 0.341 e. The van der Waals surface area contributed by atoms with E-state index >= 15 is 0 Å². The van der Waals surface area contributed by atoms with Crippen LogP contribution in [0.5, 0.6) is 5.75 Å². The summed E-state index contributed by atoms with van der Waals surface area (Å²) in [5.74, 6) is -0.556. The highest BCUT2D eigenvalue weighted by Gasteiger charge is 2.36. The zero-order chi connectivity index (χ0) is 24.6. The van der Waals surface area contributed by atoms with Gasteiger partial charge in [-0.2, -0.15) is 0 Å². The minimum atomic E-state index is -3.86. The van der Waals surface area contributed by atoms with Gasteiger partial charge in [0, 0.05) is 16.0 Å². The van der Waals surface area contributed by atoms with Crippen molar-refractivity contribution in [2.24, 2.45) is 0 Å². The molecule has 0 radical (unpaired) electrons. The molecule has 1 unspecified atom stereocenters. The first-order valence-electron chi connectivity index (χ1n) is 11.2. The second-order valence-corrected chi connectivity index (χ2v) is 11.7. The monoisotopic (exact) mass is 505 g/mol. The number of fused-ring (bicyclic) bond motifs is 3. The third kappa shape index (κ3) is 4.35. The van der Waals surface area contributed by atoms with E-state index in [2.05, 4.69) is 4.98 Å². The van der Waals surface area contributed by atoms with Crippen molar-refractivity contribution >= 4 is 27.1 Å². The van der Waals surface area contributed by atoms with Gasteiger partial charge in [-0.25, -0.2) is 18.2 Å². The second kappa shape index (κ2) is 9.28. The molecule has 178 valence electrons. The molecule has 35 heavy (non-hydrogen) atoms. The number of benzene rings is 3. The fraction of sp³-hybridized carbons (Fsp3) is 0.185. The minimum absolute atomic E-state index is 0.0873. The molecule has 0 fully saturated rings. The highest BCUT2D eigenvalue weighted by atomic mass is 32.2. The van der Waals surface area contributed by atoms with E-state index < -0.39 is 27.7 Å². The van der Waals surface area contributed by atoms with Crippen LogP contribution in [0.2, 0.25) is 0 Å². The van der Waals surface area contributed by atoms with E-state index in [1.807, 2.05) is 67.6 Å². The molecule has 0 aliphatic heterocycles. The summed E-state index contributed by atoms with van der Waals surface area (Å²) < 4.78 is 33.8. The van der Waals surface area contributed by atoms with E-state index in [4.69, 9.17) is 9.84 Å². The van der Waals surface area contributed by atoms with Crippen LogP contribution in [-0.2, 0) is 27.5 Å². The van der Waals surface area contributed by atoms with E-state index in [1.54, 1.807) is 12.1 Å². The number of carboxylic acids is 1. The van der Waals surface area contributed by atoms with Gasteiger partial charge in [0.15, 0.2) is 6.61 Å². The van der Waals surface area contributed by atoms with E-state index in [-0.39, 0.29) is 4.34 Å². The number of thiazole rings is 1. The summed E-state index contributed by atoms with van der Waals surface area (Å²) in [6.07, 6.45) is 1.24. The summed E-state index contributed by atoms with van der Waals surface area (Å²) >= 11 is 1.22. The van der Waals surface area contributed by atoms with Crippen LogP contribution < -0.4 is 4.74 Å². The average molecular weight is 506 g/mol. The molecule has 3 aromatic carbocycles. The Morgan fingerprint density at radius 2 is 1.77 bits per heavy atom. The maximum absolute atomic E-state index is 14.1. The zero-order valence-corrected chi connectivity index (χ0v) is 20.6. The Balaban J connectivity index is 1.61. The number of aryl methyl sites for hydroxylation is 2. The van der Waals surface area contributed by atoms with Gasteiger partial charge in [-0.15, -0.1) is 11.3 Å². The van der Waals surface area contributed by atoms with Crippen molar-refractivity contribution < 1.29 is 23.1 Å². The van der Waals surface area contributed by atoms with Gasteiger partial charge in [0.25, 0.3) is 0 Å². The van der Waals surface area contributed by atoms with Gasteiger partial charge in [-0.3, -0.25) is 0 Å². The second-order valence-electron chi connectivity index (χ2n) is 8.41. The summed E-state index contributed by atoms with van der Waals surface area (Å²) in [6.45, 7) is 1.48. The van der Waals surface area contributed by atoms with Gasteiger partial charge in [0.1, 0.15) is 11.0 Å². The van der Waals surface area contributed by atoms with Gasteiger partial charge < -0.3 is 9.84 Å². The highest BCUT2D eigenvalue weighted by molar-refractivity contribution is 7.93. The third-order valence-corrected chi connectivity index (χ3v) is 9.73. The van der Waals surface area contributed by atoms with Crippen molar-refractivity contribution in [3.63, 3.8) is 0 Å². The smallest absolute Gasteiger partial charge is 0.341 e. The van der Waals surface area contributed by atoms with Gasteiger partial charge in [-0.1, -0.05) is 66.7 Å². The molecule has 0 saturated heterocycles. The largest absolute Gasteiger partial charge is 0.482 e. The van der Waals surface area contributed by atoms with E-state index in [1.165, 1.54) is 11.3 Å². The number of rotatable bonds is 7. The van der Waals surface area contributed by atoms with Crippen LogP contribution in [0.1, 0.15) is 32.4 Å². The van der Waals surface area contributed by atoms with Gasteiger partial charge in [-0.05, 0) is 42.5 Å². The quantitative estimate of drug-likeness (QED) is 0.369. The molecular weight excluding hydrogens is 482 g/mol. The van der Waals surface area contributed by atoms with Crippen molar-refractivity contribution in [3.05, 3.63) is 99.9 Å². The number of sulfone groups is 1. The van der Waals surface area contributed by atoms with Crippen LogP contribution in [0.3, 0.4) is 0 Å². The molecular formula is C27H23NO5S2. The van der Waals surface area contributed by atoms with Crippen molar-refractivity contribution in [1.82, 2.24) is 4.98 Å². The first-order valence-corrected chi connectivity index (χ1v) is 13.5. The maximum atomic E-state index is 14.1. The Morgan fingerprint density at radius 1 is 1.03 bits per heavy atom. The first kappa shape index (κ1) is 23.3. The minimum Gasteiger partial charge on any atom is -0.482 e. The van der Waals surface area contributed by atoms with Crippen LogP contribution in [0.4, 0.5) is 0 Å². The fourth-order valence-electron chi connectivity index (χ4n) is 4.53. The number of aliphatic carboxylic acids is 1. The Labute approximate surface area is 207 Å². The van der Waals surface area contributed by atoms with Crippen LogP contribution in [0, 0.1) is 6.92 Å². The standard InChI is InChI=1S/C27H23NO5S2/c1-17-8-5-6-11-19(17)26(18-9-3-2-4-10-18)35(31,32)27-28-25-21-12-7-13-22(33-16-24(29)30)20(21)14-15-23(25)34-27/h2-13,26H,14-16H2,1H3,(H,29,30). The number of carboxylic acid groups (broad SMARTS) is 1. The van der Waals surface area contributed by atoms with E-state index in [9.17, 15) is 13.2 Å².